The van der Waals surface area contributed by atoms with E-state index in [1.807, 2.05) is 0 Å². The van der Waals surface area contributed by atoms with E-state index >= 15 is 0 Å². The molecule has 0 saturated heterocycles. The predicted molar refractivity (Wildman–Crippen MR) is 133 cm³/mol. The maximum atomic E-state index is 13.0. The number of ether oxygens (including phenoxy) is 1. The van der Waals surface area contributed by atoms with E-state index in [4.69, 9.17) is 21.4 Å². The van der Waals surface area contributed by atoms with Gasteiger partial charge in [-0.25, -0.2) is 9.59 Å². The molecule has 4 N–H and O–H groups in total. The normalized spacial score (nSPS) is 20.8. The molecular formula is C26H28ClN3O6. The van der Waals surface area contributed by atoms with Crippen molar-refractivity contribution in [2.24, 2.45) is 5.92 Å². The summed E-state index contributed by atoms with van der Waals surface area (Å²) in [4.78, 5) is 49.4. The average Bonchev–Trinajstić information content (AvgIpc) is 2.86. The van der Waals surface area contributed by atoms with E-state index in [1.54, 1.807) is 66.7 Å². The Morgan fingerprint density at radius 1 is 1.03 bits per heavy atom. The van der Waals surface area contributed by atoms with E-state index in [9.17, 15) is 19.2 Å². The molecule has 9 nitrogen and oxygen atoms in total. The SMILES string of the molecule is O=C(O)N[C@@H]1CC=CC[C@@H](CC(=O)NCc2ccc(Cl)cc2)C(=O)NC[C@@H](c2ccccc2)OC1=O. The van der Waals surface area contributed by atoms with Gasteiger partial charge in [0.05, 0.1) is 12.5 Å². The Morgan fingerprint density at radius 2 is 1.72 bits per heavy atom. The molecule has 2 aromatic rings. The van der Waals surface area contributed by atoms with Gasteiger partial charge in [0.1, 0.15) is 12.1 Å². The van der Waals surface area contributed by atoms with Crippen molar-refractivity contribution in [2.75, 3.05) is 6.54 Å². The minimum atomic E-state index is -1.35. The molecule has 1 aliphatic heterocycles. The van der Waals surface area contributed by atoms with Gasteiger partial charge < -0.3 is 25.8 Å². The zero-order valence-corrected chi connectivity index (χ0v) is 20.2. The Kier molecular flexibility index (Phi) is 9.88. The first-order valence-electron chi connectivity index (χ1n) is 11.5. The van der Waals surface area contributed by atoms with Crippen molar-refractivity contribution in [2.45, 2.75) is 38.0 Å². The highest BCUT2D eigenvalue weighted by Gasteiger charge is 2.28. The third-order valence-corrected chi connectivity index (χ3v) is 5.89. The Labute approximate surface area is 213 Å². The van der Waals surface area contributed by atoms with E-state index in [1.165, 1.54) is 0 Å². The number of nitrogens with one attached hydrogen (secondary N) is 3. The number of allylic oxidation sites excluding steroid dienone is 1. The molecule has 0 spiro atoms. The van der Waals surface area contributed by atoms with Gasteiger partial charge in [0, 0.05) is 18.0 Å². The first-order chi connectivity index (χ1) is 17.3. The van der Waals surface area contributed by atoms with Crippen molar-refractivity contribution in [3.63, 3.8) is 0 Å². The van der Waals surface area contributed by atoms with Crippen molar-refractivity contribution in [1.29, 1.82) is 0 Å². The van der Waals surface area contributed by atoms with Crippen LogP contribution in [0.1, 0.15) is 36.5 Å². The number of carboxylic acid groups (broad SMARTS) is 1. The van der Waals surface area contributed by atoms with Crippen molar-refractivity contribution in [1.82, 2.24) is 16.0 Å². The number of carbonyl (C=O) groups is 4. The topological polar surface area (TPSA) is 134 Å². The van der Waals surface area contributed by atoms with Crippen LogP contribution in [0.3, 0.4) is 0 Å². The van der Waals surface area contributed by atoms with Crippen LogP contribution in [0.15, 0.2) is 66.7 Å². The molecule has 1 aliphatic rings. The third-order valence-electron chi connectivity index (χ3n) is 5.64. The van der Waals surface area contributed by atoms with Crippen molar-refractivity contribution in [3.05, 3.63) is 82.9 Å². The fourth-order valence-corrected chi connectivity index (χ4v) is 3.82. The Bertz CT molecular complexity index is 1090. The standard InChI is InChI=1S/C26H28ClN3O6/c27-20-12-10-17(11-13-20)15-28-23(31)14-19-8-4-5-9-21(30-26(34)35)25(33)36-22(16-29-24(19)32)18-6-2-1-3-7-18/h1-7,10-13,19,21-22,30H,8-9,14-16H2,(H,28,31)(H,29,32)(H,34,35)/t19-,21+,22-/m0/s1. The number of cyclic esters (lactones) is 1. The molecule has 1 heterocycles. The minimum Gasteiger partial charge on any atom is -0.465 e. The molecule has 0 fully saturated rings. The molecule has 36 heavy (non-hydrogen) atoms. The Hall–Kier alpha value is -3.85. The van der Waals surface area contributed by atoms with Gasteiger partial charge in [-0.3, -0.25) is 9.59 Å². The summed E-state index contributed by atoms with van der Waals surface area (Å²) in [6.45, 7) is 0.274. The second-order valence-corrected chi connectivity index (χ2v) is 8.77. The highest BCUT2D eigenvalue weighted by molar-refractivity contribution is 6.30. The molecule has 190 valence electrons. The molecule has 0 aliphatic carbocycles. The van der Waals surface area contributed by atoms with E-state index in [0.29, 0.717) is 17.1 Å². The molecule has 0 unspecified atom stereocenters. The molecule has 2 aromatic carbocycles. The van der Waals surface area contributed by atoms with Gasteiger partial charge in [0.15, 0.2) is 0 Å². The maximum Gasteiger partial charge on any atom is 0.405 e. The van der Waals surface area contributed by atoms with Crippen LogP contribution in [-0.2, 0) is 25.7 Å². The third kappa shape index (κ3) is 8.42. The van der Waals surface area contributed by atoms with Gasteiger partial charge in [0.2, 0.25) is 11.8 Å². The molecule has 0 radical (unpaired) electrons. The van der Waals surface area contributed by atoms with Crippen LogP contribution in [0.2, 0.25) is 5.02 Å². The number of amides is 3. The molecule has 0 bridgehead atoms. The summed E-state index contributed by atoms with van der Waals surface area (Å²) in [7, 11) is 0. The lowest BCUT2D eigenvalue weighted by Crippen LogP contribution is -2.43. The summed E-state index contributed by atoms with van der Waals surface area (Å²) in [5.74, 6) is -2.05. The first kappa shape index (κ1) is 26.7. The number of carbonyl (C=O) groups excluding carboxylic acids is 3. The molecule has 3 amide bonds. The van der Waals surface area contributed by atoms with Crippen molar-refractivity contribution < 1.29 is 29.0 Å². The number of rotatable bonds is 6. The van der Waals surface area contributed by atoms with Crippen LogP contribution in [0, 0.1) is 5.92 Å². The molecule has 0 aromatic heterocycles. The zero-order valence-electron chi connectivity index (χ0n) is 19.5. The molecular weight excluding hydrogens is 486 g/mol. The minimum absolute atomic E-state index is 0.0268. The van der Waals surface area contributed by atoms with E-state index in [0.717, 1.165) is 5.56 Å². The Morgan fingerprint density at radius 3 is 2.42 bits per heavy atom. The lowest BCUT2D eigenvalue weighted by atomic mass is 9.98. The van der Waals surface area contributed by atoms with Crippen LogP contribution in [0.5, 0.6) is 0 Å². The maximum absolute atomic E-state index is 13.0. The molecule has 3 atom stereocenters. The van der Waals surface area contributed by atoms with Crippen LogP contribution in [0.25, 0.3) is 0 Å². The monoisotopic (exact) mass is 513 g/mol. The number of hydrogen-bond donors (Lipinski definition) is 4. The summed E-state index contributed by atoms with van der Waals surface area (Å²) < 4.78 is 5.58. The number of halogens is 1. The van der Waals surface area contributed by atoms with Crippen LogP contribution in [-0.4, -0.2) is 41.6 Å². The lowest BCUT2D eigenvalue weighted by molar-refractivity contribution is -0.152. The van der Waals surface area contributed by atoms with Gasteiger partial charge in [-0.1, -0.05) is 66.2 Å². The van der Waals surface area contributed by atoms with E-state index in [-0.39, 0.29) is 37.6 Å². The van der Waals surface area contributed by atoms with Gasteiger partial charge in [-0.15, -0.1) is 0 Å². The van der Waals surface area contributed by atoms with E-state index < -0.39 is 30.1 Å². The number of hydrogen-bond acceptors (Lipinski definition) is 5. The smallest absolute Gasteiger partial charge is 0.405 e. The van der Waals surface area contributed by atoms with Crippen LogP contribution in [0.4, 0.5) is 4.79 Å². The quantitative estimate of drug-likeness (QED) is 0.346. The number of benzene rings is 2. The van der Waals surface area contributed by atoms with E-state index in [2.05, 4.69) is 16.0 Å². The average molecular weight is 514 g/mol. The molecule has 0 saturated carbocycles. The fraction of sp³-hybridized carbons (Fsp3) is 0.308. The summed E-state index contributed by atoms with van der Waals surface area (Å²) in [5.41, 5.74) is 1.52. The summed E-state index contributed by atoms with van der Waals surface area (Å²) in [6, 6.07) is 14.8. The zero-order chi connectivity index (χ0) is 25.9. The molecule has 10 heteroatoms. The van der Waals surface area contributed by atoms with Gasteiger partial charge in [-0.05, 0) is 36.1 Å². The van der Waals surface area contributed by atoms with Gasteiger partial charge in [0.25, 0.3) is 0 Å². The summed E-state index contributed by atoms with van der Waals surface area (Å²) in [5, 5.41) is 17.5. The Balaban J connectivity index is 1.72. The number of esters is 1. The van der Waals surface area contributed by atoms with Crippen LogP contribution < -0.4 is 16.0 Å². The highest BCUT2D eigenvalue weighted by atomic mass is 35.5. The molecule has 3 rings (SSSR count). The predicted octanol–water partition coefficient (Wildman–Crippen LogP) is 3.35. The van der Waals surface area contributed by atoms with Gasteiger partial charge >= 0.3 is 12.1 Å². The van der Waals surface area contributed by atoms with Gasteiger partial charge in [-0.2, -0.15) is 0 Å². The van der Waals surface area contributed by atoms with Crippen molar-refractivity contribution >= 4 is 35.5 Å². The van der Waals surface area contributed by atoms with Crippen LogP contribution >= 0.6 is 11.6 Å². The largest absolute Gasteiger partial charge is 0.465 e. The highest BCUT2D eigenvalue weighted by Crippen LogP contribution is 2.20. The first-order valence-corrected chi connectivity index (χ1v) is 11.9. The lowest BCUT2D eigenvalue weighted by Gasteiger charge is -2.24. The fourth-order valence-electron chi connectivity index (χ4n) is 3.69. The summed E-state index contributed by atoms with van der Waals surface area (Å²) in [6.07, 6.45) is 1.33. The second kappa shape index (κ2) is 13.3. The summed E-state index contributed by atoms with van der Waals surface area (Å²) >= 11 is 5.89. The second-order valence-electron chi connectivity index (χ2n) is 8.33. The van der Waals surface area contributed by atoms with Crippen molar-refractivity contribution in [3.8, 4) is 0 Å².